The average Bonchev–Trinajstić information content (AvgIpc) is 2.89. The molecule has 0 bridgehead atoms. The van der Waals surface area contributed by atoms with Gasteiger partial charge in [0, 0.05) is 5.56 Å². The highest BCUT2D eigenvalue weighted by atomic mass is 31.2. The van der Waals surface area contributed by atoms with Gasteiger partial charge in [0.25, 0.3) is 0 Å². The van der Waals surface area contributed by atoms with E-state index in [-0.39, 0.29) is 11.7 Å². The number of benzene rings is 3. The number of hydrogen-bond donors (Lipinski definition) is 0. The molecule has 0 aromatic heterocycles. The molecule has 3 aromatic carbocycles. The summed E-state index contributed by atoms with van der Waals surface area (Å²) in [5, 5.41) is 0. The molecule has 0 saturated heterocycles. The second kappa shape index (κ2) is 13.9. The average molecular weight is 529 g/mol. The van der Waals surface area contributed by atoms with Gasteiger partial charge in [0.15, 0.2) is 0 Å². The van der Waals surface area contributed by atoms with E-state index in [0.717, 1.165) is 27.8 Å². The fourth-order valence-corrected chi connectivity index (χ4v) is 6.90. The summed E-state index contributed by atoms with van der Waals surface area (Å²) in [6, 6.07) is 23.2. The van der Waals surface area contributed by atoms with Gasteiger partial charge in [-0.1, -0.05) is 72.8 Å². The molecule has 0 aliphatic carbocycles. The molecule has 0 saturated carbocycles. The van der Waals surface area contributed by atoms with Crippen LogP contribution in [0.1, 0.15) is 43.6 Å². The lowest BCUT2D eigenvalue weighted by atomic mass is 9.90. The minimum absolute atomic E-state index is 0.153. The third-order valence-electron chi connectivity index (χ3n) is 5.36. The van der Waals surface area contributed by atoms with E-state index in [1.165, 1.54) is 0 Å². The third-order valence-corrected chi connectivity index (χ3v) is 8.95. The van der Waals surface area contributed by atoms with Crippen molar-refractivity contribution in [3.63, 3.8) is 0 Å². The molecular weight excluding hydrogens is 494 g/mol. The van der Waals surface area contributed by atoms with E-state index < -0.39 is 16.0 Å². The van der Waals surface area contributed by atoms with Gasteiger partial charge in [-0.25, -0.2) is 0 Å². The summed E-state index contributed by atoms with van der Waals surface area (Å²) < 4.78 is 35.8. The number of carbonyl (C=O) groups is 1. The molecule has 0 aliphatic rings. The van der Waals surface area contributed by atoms with E-state index in [4.69, 9.17) is 18.1 Å². The van der Waals surface area contributed by atoms with Crippen LogP contribution in [0.2, 0.25) is 0 Å². The van der Waals surface area contributed by atoms with Crippen molar-refractivity contribution in [3.05, 3.63) is 83.9 Å². The molecule has 0 radical (unpaired) electrons. The quantitative estimate of drug-likeness (QED) is 0.196. The first-order chi connectivity index (χ1) is 17.5. The lowest BCUT2D eigenvalue weighted by Crippen LogP contribution is -2.05. The van der Waals surface area contributed by atoms with E-state index in [9.17, 15) is 9.36 Å². The molecule has 3 rings (SSSR count). The molecule has 0 N–H and O–H groups in total. The fourth-order valence-electron chi connectivity index (χ4n) is 4.00. The fraction of sp³-hybridized carbons (Fsp3) is 0.321. The van der Waals surface area contributed by atoms with Gasteiger partial charge < -0.3 is 18.1 Å². The van der Waals surface area contributed by atoms with Crippen LogP contribution in [-0.2, 0) is 28.8 Å². The van der Waals surface area contributed by atoms with Crippen LogP contribution in [0.4, 0.5) is 0 Å². The molecule has 36 heavy (non-hydrogen) atoms. The Labute approximate surface area is 215 Å². The summed E-state index contributed by atoms with van der Waals surface area (Å²) in [6.45, 7) is 8.70. The number of hydrogen-bond acceptors (Lipinski definition) is 6. The van der Waals surface area contributed by atoms with Crippen LogP contribution in [0.5, 0.6) is 0 Å². The summed E-state index contributed by atoms with van der Waals surface area (Å²) >= 11 is 0. The summed E-state index contributed by atoms with van der Waals surface area (Å²) in [4.78, 5) is 13.5. The lowest BCUT2D eigenvalue weighted by Gasteiger charge is -2.21. The Kier molecular flexibility index (Phi) is 11.0. The predicted octanol–water partition coefficient (Wildman–Crippen LogP) is 8.31. The Bertz CT molecular complexity index is 1180. The zero-order valence-electron chi connectivity index (χ0n) is 21.3. The molecule has 0 amide bonds. The van der Waals surface area contributed by atoms with Crippen molar-refractivity contribution in [2.24, 2.45) is 0 Å². The van der Waals surface area contributed by atoms with Crippen molar-refractivity contribution in [1.82, 2.24) is 0 Å². The van der Waals surface area contributed by atoms with Crippen LogP contribution in [0.15, 0.2) is 72.8 Å². The molecule has 8 heteroatoms. The largest absolute Gasteiger partial charge is 0.335 e. The van der Waals surface area contributed by atoms with Gasteiger partial charge in [0.05, 0.1) is 32.6 Å². The molecule has 0 heterocycles. The van der Waals surface area contributed by atoms with Crippen LogP contribution in [0, 0.1) is 0 Å². The predicted molar refractivity (Wildman–Crippen MR) is 146 cm³/mol. The van der Waals surface area contributed by atoms with Crippen LogP contribution in [0.3, 0.4) is 0 Å². The summed E-state index contributed by atoms with van der Waals surface area (Å²) in [6.07, 6.45) is 0.153. The Hall–Kier alpha value is -2.17. The highest BCUT2D eigenvalue weighted by Crippen LogP contribution is 2.53. The standard InChI is InChI=1S/C28H34O6P2/c1-5-31-35(32-6-2)28(29)27-20-14-13-19-26(27)25-18-12-11-17-24(25)23-16-10-9-15-22(23)21-36(30,33-7-3)34-8-4/h9-20H,5-8,21H2,1-4H3. The van der Waals surface area contributed by atoms with Crippen molar-refractivity contribution < 1.29 is 27.5 Å². The molecule has 3 aromatic rings. The number of carbonyl (C=O) groups excluding carboxylic acids is 1. The zero-order valence-corrected chi connectivity index (χ0v) is 23.1. The van der Waals surface area contributed by atoms with Gasteiger partial charge in [-0.05, 0) is 55.5 Å². The molecule has 192 valence electrons. The van der Waals surface area contributed by atoms with Crippen LogP contribution in [0.25, 0.3) is 22.3 Å². The summed E-state index contributed by atoms with van der Waals surface area (Å²) in [7, 11) is -5.03. The van der Waals surface area contributed by atoms with Crippen molar-refractivity contribution >= 4 is 21.5 Å². The van der Waals surface area contributed by atoms with Gasteiger partial charge in [-0.15, -0.1) is 0 Å². The van der Waals surface area contributed by atoms with E-state index in [0.29, 0.717) is 32.0 Å². The van der Waals surface area contributed by atoms with Crippen molar-refractivity contribution in [1.29, 1.82) is 0 Å². The van der Waals surface area contributed by atoms with E-state index in [1.807, 2.05) is 86.6 Å². The number of rotatable bonds is 14. The SMILES string of the molecule is CCOP(OCC)C(=O)c1ccccc1-c1ccccc1-c1ccccc1CP(=O)(OCC)OCC. The van der Waals surface area contributed by atoms with Crippen molar-refractivity contribution in [3.8, 4) is 22.3 Å². The van der Waals surface area contributed by atoms with Gasteiger partial charge >= 0.3 is 7.60 Å². The summed E-state index contributed by atoms with van der Waals surface area (Å²) in [5.41, 5.74) is 4.74. The Morgan fingerprint density at radius 1 is 0.667 bits per heavy atom. The zero-order chi connectivity index (χ0) is 26.0. The molecular formula is C28H34O6P2. The molecule has 0 atom stereocenters. The molecule has 0 aliphatic heterocycles. The Morgan fingerprint density at radius 3 is 1.69 bits per heavy atom. The maximum absolute atomic E-state index is 13.5. The van der Waals surface area contributed by atoms with E-state index in [1.54, 1.807) is 13.8 Å². The molecule has 0 spiro atoms. The minimum atomic E-state index is -3.31. The van der Waals surface area contributed by atoms with Gasteiger partial charge in [0.2, 0.25) is 13.9 Å². The smallest absolute Gasteiger partial charge is 0.329 e. The maximum Gasteiger partial charge on any atom is 0.335 e. The van der Waals surface area contributed by atoms with Crippen molar-refractivity contribution in [2.45, 2.75) is 33.9 Å². The third kappa shape index (κ3) is 6.98. The van der Waals surface area contributed by atoms with Gasteiger partial charge in [0.1, 0.15) is 0 Å². The summed E-state index contributed by atoms with van der Waals surface area (Å²) in [5.74, 6) is 0. The second-order valence-electron chi connectivity index (χ2n) is 7.75. The van der Waals surface area contributed by atoms with Gasteiger partial charge in [-0.2, -0.15) is 0 Å². The van der Waals surface area contributed by atoms with Crippen LogP contribution >= 0.6 is 16.0 Å². The molecule has 6 nitrogen and oxygen atoms in total. The maximum atomic E-state index is 13.5. The Balaban J connectivity index is 2.12. The highest BCUT2D eigenvalue weighted by Gasteiger charge is 2.28. The first-order valence-corrected chi connectivity index (χ1v) is 15.1. The normalized spacial score (nSPS) is 11.7. The van der Waals surface area contributed by atoms with Crippen LogP contribution < -0.4 is 0 Å². The first kappa shape index (κ1) is 28.4. The van der Waals surface area contributed by atoms with E-state index >= 15 is 0 Å². The topological polar surface area (TPSA) is 71.1 Å². The molecule has 0 unspecified atom stereocenters. The van der Waals surface area contributed by atoms with E-state index in [2.05, 4.69) is 0 Å². The van der Waals surface area contributed by atoms with Gasteiger partial charge in [-0.3, -0.25) is 9.36 Å². The highest BCUT2D eigenvalue weighted by molar-refractivity contribution is 7.67. The first-order valence-electron chi connectivity index (χ1n) is 12.2. The van der Waals surface area contributed by atoms with Crippen LogP contribution in [-0.4, -0.2) is 32.0 Å². The minimum Gasteiger partial charge on any atom is -0.329 e. The monoisotopic (exact) mass is 528 g/mol. The Morgan fingerprint density at radius 2 is 1.14 bits per heavy atom. The second-order valence-corrected chi connectivity index (χ2v) is 11.2. The lowest BCUT2D eigenvalue weighted by molar-refractivity contribution is 0.104. The molecule has 0 fully saturated rings. The van der Waals surface area contributed by atoms with Crippen molar-refractivity contribution in [2.75, 3.05) is 26.4 Å².